The third-order valence-electron chi connectivity index (χ3n) is 3.08. The first-order valence-electron chi connectivity index (χ1n) is 5.94. The van der Waals surface area contributed by atoms with Crippen LogP contribution in [0.15, 0.2) is 52.9 Å². The third-order valence-corrected chi connectivity index (χ3v) is 3.08. The molecule has 0 spiro atoms. The monoisotopic (exact) mass is 252 g/mol. The summed E-state index contributed by atoms with van der Waals surface area (Å²) in [4.78, 5) is 11.1. The summed E-state index contributed by atoms with van der Waals surface area (Å²) in [5.41, 5.74) is 2.13. The molecular formula is C16H12O3. The van der Waals surface area contributed by atoms with Gasteiger partial charge in [0.25, 0.3) is 0 Å². The number of hydrogen-bond acceptors (Lipinski definition) is 3. The van der Waals surface area contributed by atoms with Crippen molar-refractivity contribution in [3.63, 3.8) is 0 Å². The molecule has 0 fully saturated rings. The summed E-state index contributed by atoms with van der Waals surface area (Å²) >= 11 is 0. The number of methoxy groups -OCH3 is 1. The fourth-order valence-electron chi connectivity index (χ4n) is 2.09. The molecule has 3 rings (SSSR count). The van der Waals surface area contributed by atoms with E-state index in [-0.39, 0.29) is 0 Å². The molecule has 0 saturated heterocycles. The molecule has 0 atom stereocenters. The zero-order valence-corrected chi connectivity index (χ0v) is 10.4. The highest BCUT2D eigenvalue weighted by Crippen LogP contribution is 2.31. The number of furan rings is 1. The molecule has 19 heavy (non-hydrogen) atoms. The van der Waals surface area contributed by atoms with Crippen LogP contribution in [0.1, 0.15) is 10.4 Å². The third kappa shape index (κ3) is 1.99. The van der Waals surface area contributed by atoms with Crippen molar-refractivity contribution in [2.75, 3.05) is 7.11 Å². The predicted octanol–water partition coefficient (Wildman–Crippen LogP) is 3.92. The lowest BCUT2D eigenvalue weighted by atomic mass is 10.1. The Morgan fingerprint density at radius 2 is 1.95 bits per heavy atom. The first-order chi connectivity index (χ1) is 9.31. The van der Waals surface area contributed by atoms with Gasteiger partial charge in [0, 0.05) is 16.5 Å². The summed E-state index contributed by atoms with van der Waals surface area (Å²) in [7, 11) is 1.60. The van der Waals surface area contributed by atoms with Crippen molar-refractivity contribution in [1.29, 1.82) is 0 Å². The second kappa shape index (κ2) is 4.61. The molecule has 0 aliphatic rings. The lowest BCUT2D eigenvalue weighted by molar-refractivity contribution is 0.112. The van der Waals surface area contributed by atoms with E-state index in [9.17, 15) is 4.79 Å². The summed E-state index contributed by atoms with van der Waals surface area (Å²) < 4.78 is 11.0. The summed E-state index contributed by atoms with van der Waals surface area (Å²) in [5.74, 6) is 1.36. The number of aldehydes is 1. The molecule has 3 heteroatoms. The predicted molar refractivity (Wildman–Crippen MR) is 73.6 cm³/mol. The van der Waals surface area contributed by atoms with E-state index in [4.69, 9.17) is 9.15 Å². The molecule has 3 aromatic rings. The fraction of sp³-hybridized carbons (Fsp3) is 0.0625. The molecule has 0 aliphatic heterocycles. The van der Waals surface area contributed by atoms with Crippen LogP contribution in [0.3, 0.4) is 0 Å². The summed E-state index contributed by atoms with van der Waals surface area (Å²) in [5, 5.41) is 1.01. The largest absolute Gasteiger partial charge is 0.497 e. The van der Waals surface area contributed by atoms with Crippen LogP contribution in [0, 0.1) is 0 Å². The Bertz CT molecular complexity index is 708. The van der Waals surface area contributed by atoms with Gasteiger partial charge in [-0.15, -0.1) is 0 Å². The topological polar surface area (TPSA) is 39.4 Å². The van der Waals surface area contributed by atoms with Crippen molar-refractivity contribution in [3.8, 4) is 17.1 Å². The molecule has 1 aromatic heterocycles. The molecule has 2 aromatic carbocycles. The number of carbonyl (C=O) groups excluding carboxylic acids is 1. The average molecular weight is 252 g/mol. The zero-order chi connectivity index (χ0) is 13.2. The molecule has 0 unspecified atom stereocenters. The normalized spacial score (nSPS) is 10.6. The molecule has 94 valence electrons. The number of benzene rings is 2. The Labute approximate surface area is 110 Å². The van der Waals surface area contributed by atoms with Gasteiger partial charge in [-0.1, -0.05) is 18.2 Å². The molecule has 0 bridgehead atoms. The van der Waals surface area contributed by atoms with E-state index in [0.717, 1.165) is 22.8 Å². The van der Waals surface area contributed by atoms with E-state index in [1.807, 2.05) is 30.3 Å². The highest BCUT2D eigenvalue weighted by atomic mass is 16.5. The van der Waals surface area contributed by atoms with Crippen LogP contribution in [0.5, 0.6) is 5.75 Å². The van der Waals surface area contributed by atoms with Crippen LogP contribution in [0.2, 0.25) is 0 Å². The van der Waals surface area contributed by atoms with Gasteiger partial charge in [0.05, 0.1) is 7.11 Å². The maximum atomic E-state index is 11.1. The van der Waals surface area contributed by atoms with Crippen molar-refractivity contribution >= 4 is 17.3 Å². The smallest absolute Gasteiger partial charge is 0.150 e. The number of fused-ring (bicyclic) bond motifs is 1. The second-order valence-corrected chi connectivity index (χ2v) is 4.22. The number of ether oxygens (including phenoxy) is 1. The van der Waals surface area contributed by atoms with E-state index < -0.39 is 0 Å². The van der Waals surface area contributed by atoms with E-state index in [1.165, 1.54) is 0 Å². The fourth-order valence-corrected chi connectivity index (χ4v) is 2.09. The molecule has 0 amide bonds. The Balaban J connectivity index is 2.21. The number of para-hydroxylation sites is 1. The van der Waals surface area contributed by atoms with E-state index in [0.29, 0.717) is 17.1 Å². The molecule has 0 aliphatic carbocycles. The Hall–Kier alpha value is -2.55. The maximum absolute atomic E-state index is 11.1. The SMILES string of the molecule is COc1ccc(C=O)c(-c2cc3ccccc3o2)c1. The van der Waals surface area contributed by atoms with Gasteiger partial charge in [-0.25, -0.2) is 0 Å². The van der Waals surface area contributed by atoms with Crippen LogP contribution in [0.4, 0.5) is 0 Å². The zero-order valence-electron chi connectivity index (χ0n) is 10.4. The minimum Gasteiger partial charge on any atom is -0.497 e. The van der Waals surface area contributed by atoms with Crippen LogP contribution >= 0.6 is 0 Å². The van der Waals surface area contributed by atoms with Crippen molar-refractivity contribution < 1.29 is 13.9 Å². The average Bonchev–Trinajstić information content (AvgIpc) is 2.90. The van der Waals surface area contributed by atoms with Crippen molar-refractivity contribution in [3.05, 3.63) is 54.1 Å². The van der Waals surface area contributed by atoms with Crippen LogP contribution in [0.25, 0.3) is 22.3 Å². The Kier molecular flexibility index (Phi) is 2.80. The van der Waals surface area contributed by atoms with Crippen LogP contribution in [-0.2, 0) is 0 Å². The number of carbonyl (C=O) groups is 1. The number of hydrogen-bond donors (Lipinski definition) is 0. The minimum absolute atomic E-state index is 0.583. The van der Waals surface area contributed by atoms with Gasteiger partial charge in [-0.3, -0.25) is 4.79 Å². The van der Waals surface area contributed by atoms with E-state index in [1.54, 1.807) is 25.3 Å². The van der Waals surface area contributed by atoms with E-state index in [2.05, 4.69) is 0 Å². The Morgan fingerprint density at radius 1 is 1.11 bits per heavy atom. The Morgan fingerprint density at radius 3 is 2.68 bits per heavy atom. The van der Waals surface area contributed by atoms with Gasteiger partial charge in [-0.05, 0) is 30.3 Å². The summed E-state index contributed by atoms with van der Waals surface area (Å²) in [6.45, 7) is 0. The molecule has 1 heterocycles. The van der Waals surface area contributed by atoms with Crippen molar-refractivity contribution in [2.24, 2.45) is 0 Å². The molecular weight excluding hydrogens is 240 g/mol. The maximum Gasteiger partial charge on any atom is 0.150 e. The first-order valence-corrected chi connectivity index (χ1v) is 5.94. The molecule has 3 nitrogen and oxygen atoms in total. The van der Waals surface area contributed by atoms with Gasteiger partial charge in [0.2, 0.25) is 0 Å². The van der Waals surface area contributed by atoms with Gasteiger partial charge in [0.15, 0.2) is 6.29 Å². The second-order valence-electron chi connectivity index (χ2n) is 4.22. The quantitative estimate of drug-likeness (QED) is 0.663. The van der Waals surface area contributed by atoms with Gasteiger partial charge < -0.3 is 9.15 Å². The highest BCUT2D eigenvalue weighted by Gasteiger charge is 2.11. The standard InChI is InChI=1S/C16H12O3/c1-18-13-7-6-12(10-17)14(9-13)16-8-11-4-2-3-5-15(11)19-16/h2-10H,1H3. The molecule has 0 radical (unpaired) electrons. The van der Waals surface area contributed by atoms with Gasteiger partial charge in [-0.2, -0.15) is 0 Å². The van der Waals surface area contributed by atoms with Crippen LogP contribution in [-0.4, -0.2) is 13.4 Å². The number of rotatable bonds is 3. The summed E-state index contributed by atoms with van der Waals surface area (Å²) in [6, 6.07) is 15.0. The molecule has 0 N–H and O–H groups in total. The summed E-state index contributed by atoms with van der Waals surface area (Å²) in [6.07, 6.45) is 0.821. The minimum atomic E-state index is 0.583. The van der Waals surface area contributed by atoms with Gasteiger partial charge >= 0.3 is 0 Å². The van der Waals surface area contributed by atoms with E-state index >= 15 is 0 Å². The van der Waals surface area contributed by atoms with Crippen molar-refractivity contribution in [1.82, 2.24) is 0 Å². The lowest BCUT2D eigenvalue weighted by Crippen LogP contribution is -1.89. The van der Waals surface area contributed by atoms with Gasteiger partial charge in [0.1, 0.15) is 17.1 Å². The molecule has 0 saturated carbocycles. The lowest BCUT2D eigenvalue weighted by Gasteiger charge is -2.04. The highest BCUT2D eigenvalue weighted by molar-refractivity contribution is 5.90. The van der Waals surface area contributed by atoms with Crippen LogP contribution < -0.4 is 4.74 Å². The first kappa shape index (κ1) is 11.5. The van der Waals surface area contributed by atoms with Crippen molar-refractivity contribution in [2.45, 2.75) is 0 Å².